The Kier molecular flexibility index (Phi) is 6.45. The van der Waals surface area contributed by atoms with Crippen molar-refractivity contribution in [1.82, 2.24) is 25.1 Å². The van der Waals surface area contributed by atoms with Crippen LogP contribution in [0.5, 0.6) is 11.5 Å². The summed E-state index contributed by atoms with van der Waals surface area (Å²) in [4.78, 5) is 21.7. The minimum atomic E-state index is -0.679. The Balaban J connectivity index is 1.40. The van der Waals surface area contributed by atoms with Gasteiger partial charge in [0, 0.05) is 13.1 Å². The number of ether oxygens (including phenoxy) is 2. The van der Waals surface area contributed by atoms with Crippen LogP contribution in [0.2, 0.25) is 0 Å². The Morgan fingerprint density at radius 3 is 2.87 bits per heavy atom. The molecule has 0 fully saturated rings. The highest BCUT2D eigenvalue weighted by Crippen LogP contribution is 2.30. The molecule has 31 heavy (non-hydrogen) atoms. The Labute approximate surface area is 184 Å². The van der Waals surface area contributed by atoms with Gasteiger partial charge in [0.1, 0.15) is 12.4 Å². The first-order valence-corrected chi connectivity index (χ1v) is 11.4. The lowest BCUT2D eigenvalue weighted by Crippen LogP contribution is -2.44. The predicted octanol–water partition coefficient (Wildman–Crippen LogP) is 2.57. The van der Waals surface area contributed by atoms with Gasteiger partial charge in [-0.15, -0.1) is 0 Å². The smallest absolute Gasteiger partial charge is 0.264 e. The van der Waals surface area contributed by atoms with E-state index in [2.05, 4.69) is 39.5 Å². The average molecular weight is 443 g/mol. The fraction of sp³-hybridized carbons (Fsp3) is 0.429. The number of anilines is 1. The second kappa shape index (κ2) is 9.42. The molecule has 0 radical (unpaired) electrons. The van der Waals surface area contributed by atoms with Crippen LogP contribution in [0.15, 0.2) is 35.6 Å². The maximum Gasteiger partial charge on any atom is 0.264 e. The van der Waals surface area contributed by atoms with Crippen molar-refractivity contribution in [1.29, 1.82) is 0 Å². The molecule has 164 valence electrons. The number of para-hydroxylation sites is 2. The molecule has 2 aromatic heterocycles. The molecule has 9 nitrogen and oxygen atoms in total. The number of nitrogens with zero attached hydrogens (tertiary/aromatic N) is 4. The molecule has 1 atom stereocenters. The number of hydrogen-bond acceptors (Lipinski definition) is 8. The molecule has 1 aliphatic heterocycles. The van der Waals surface area contributed by atoms with Gasteiger partial charge in [-0.05, 0) is 24.3 Å². The number of rotatable bonds is 8. The summed E-state index contributed by atoms with van der Waals surface area (Å²) in [5, 5.41) is 12.3. The number of thioether (sulfide) groups is 1. The maximum absolute atomic E-state index is 12.5. The van der Waals surface area contributed by atoms with Gasteiger partial charge in [0.25, 0.3) is 5.91 Å². The molecule has 1 aromatic carbocycles. The van der Waals surface area contributed by atoms with Crippen LogP contribution in [0.25, 0.3) is 11.0 Å². The van der Waals surface area contributed by atoms with Crippen LogP contribution < -0.4 is 20.1 Å². The molecule has 0 saturated carbocycles. The summed E-state index contributed by atoms with van der Waals surface area (Å²) < 4.78 is 13.2. The molecule has 0 spiro atoms. The summed E-state index contributed by atoms with van der Waals surface area (Å²) in [6, 6.07) is 7.33. The molecule has 1 aliphatic rings. The zero-order chi connectivity index (χ0) is 21.8. The van der Waals surface area contributed by atoms with Gasteiger partial charge in [0.2, 0.25) is 6.10 Å². The van der Waals surface area contributed by atoms with Gasteiger partial charge in [-0.25, -0.2) is 14.6 Å². The highest BCUT2D eigenvalue weighted by atomic mass is 32.2. The van der Waals surface area contributed by atoms with E-state index < -0.39 is 6.10 Å². The fourth-order valence-corrected chi connectivity index (χ4v) is 3.53. The molecule has 4 rings (SSSR count). The van der Waals surface area contributed by atoms with E-state index in [1.165, 1.54) is 11.8 Å². The lowest BCUT2D eigenvalue weighted by Gasteiger charge is -2.25. The van der Waals surface area contributed by atoms with Crippen molar-refractivity contribution in [2.75, 3.05) is 31.3 Å². The largest absolute Gasteiger partial charge is 0.485 e. The van der Waals surface area contributed by atoms with E-state index in [1.54, 1.807) is 16.9 Å². The molecule has 2 N–H and O–H groups in total. The number of carbonyl (C=O) groups excluding carboxylic acids is 1. The second-order valence-electron chi connectivity index (χ2n) is 7.59. The van der Waals surface area contributed by atoms with Crippen LogP contribution in [0.1, 0.15) is 13.8 Å². The Bertz CT molecular complexity index is 1070. The van der Waals surface area contributed by atoms with Crippen molar-refractivity contribution >= 4 is 34.5 Å². The Morgan fingerprint density at radius 1 is 1.29 bits per heavy atom. The normalized spacial score (nSPS) is 15.3. The molecule has 10 heteroatoms. The summed E-state index contributed by atoms with van der Waals surface area (Å²) in [6.45, 7) is 6.16. The molecule has 1 amide bonds. The third-order valence-corrected chi connectivity index (χ3v) is 5.31. The lowest BCUT2D eigenvalue weighted by molar-refractivity contribution is -0.130. The number of carbonyl (C=O) groups is 1. The van der Waals surface area contributed by atoms with E-state index in [9.17, 15) is 4.79 Å². The van der Waals surface area contributed by atoms with Crippen LogP contribution in [-0.2, 0) is 11.3 Å². The van der Waals surface area contributed by atoms with Crippen molar-refractivity contribution in [2.24, 2.45) is 5.92 Å². The monoisotopic (exact) mass is 442 g/mol. The number of aromatic nitrogens is 4. The molecular weight excluding hydrogens is 416 g/mol. The van der Waals surface area contributed by atoms with Gasteiger partial charge in [-0.1, -0.05) is 37.7 Å². The Morgan fingerprint density at radius 2 is 2.10 bits per heavy atom. The summed E-state index contributed by atoms with van der Waals surface area (Å²) in [5.41, 5.74) is 0.742. The van der Waals surface area contributed by atoms with Crippen molar-refractivity contribution < 1.29 is 14.3 Å². The molecule has 0 saturated heterocycles. The third kappa shape index (κ3) is 4.84. The van der Waals surface area contributed by atoms with Gasteiger partial charge < -0.3 is 20.1 Å². The summed E-state index contributed by atoms with van der Waals surface area (Å²) in [5.74, 6) is 2.29. The zero-order valence-electron chi connectivity index (χ0n) is 17.8. The summed E-state index contributed by atoms with van der Waals surface area (Å²) in [7, 11) is 0. The number of hydrogen-bond donors (Lipinski definition) is 2. The molecule has 3 heterocycles. The maximum atomic E-state index is 12.5. The van der Waals surface area contributed by atoms with Gasteiger partial charge in [0.05, 0.1) is 18.1 Å². The van der Waals surface area contributed by atoms with E-state index in [0.717, 1.165) is 23.4 Å². The molecule has 0 aliphatic carbocycles. The first-order chi connectivity index (χ1) is 15.0. The number of benzene rings is 1. The van der Waals surface area contributed by atoms with Gasteiger partial charge in [-0.3, -0.25) is 4.79 Å². The number of amides is 1. The minimum absolute atomic E-state index is 0.183. The van der Waals surface area contributed by atoms with Crippen LogP contribution in [0.4, 0.5) is 5.82 Å². The van der Waals surface area contributed by atoms with Crippen LogP contribution in [-0.4, -0.2) is 57.7 Å². The first kappa shape index (κ1) is 21.2. The van der Waals surface area contributed by atoms with E-state index in [4.69, 9.17) is 9.47 Å². The molecular formula is C21H26N6O3S. The van der Waals surface area contributed by atoms with Gasteiger partial charge in [-0.2, -0.15) is 5.10 Å². The number of nitrogens with one attached hydrogen (secondary N) is 2. The van der Waals surface area contributed by atoms with Gasteiger partial charge >= 0.3 is 0 Å². The van der Waals surface area contributed by atoms with Crippen LogP contribution >= 0.6 is 11.8 Å². The topological polar surface area (TPSA) is 103 Å². The van der Waals surface area contributed by atoms with E-state index >= 15 is 0 Å². The summed E-state index contributed by atoms with van der Waals surface area (Å²) in [6.07, 6.45) is 3.03. The van der Waals surface area contributed by atoms with E-state index in [-0.39, 0.29) is 12.5 Å². The van der Waals surface area contributed by atoms with Gasteiger partial charge in [0.15, 0.2) is 22.3 Å². The minimum Gasteiger partial charge on any atom is -0.485 e. The Hall–Kier alpha value is -3.01. The quantitative estimate of drug-likeness (QED) is 0.405. The highest BCUT2D eigenvalue weighted by Gasteiger charge is 2.27. The molecule has 1 unspecified atom stereocenters. The van der Waals surface area contributed by atoms with Crippen molar-refractivity contribution in [3.8, 4) is 11.5 Å². The van der Waals surface area contributed by atoms with E-state index in [0.29, 0.717) is 35.7 Å². The van der Waals surface area contributed by atoms with Crippen LogP contribution in [0.3, 0.4) is 0 Å². The second-order valence-corrected chi connectivity index (χ2v) is 8.37. The highest BCUT2D eigenvalue weighted by molar-refractivity contribution is 7.98. The third-order valence-electron chi connectivity index (χ3n) is 4.76. The van der Waals surface area contributed by atoms with Crippen LogP contribution in [0, 0.1) is 5.92 Å². The summed E-state index contributed by atoms with van der Waals surface area (Å²) >= 11 is 1.48. The predicted molar refractivity (Wildman–Crippen MR) is 120 cm³/mol. The van der Waals surface area contributed by atoms with E-state index in [1.807, 2.05) is 24.5 Å². The molecule has 0 bridgehead atoms. The zero-order valence-corrected chi connectivity index (χ0v) is 18.6. The van der Waals surface area contributed by atoms with Crippen molar-refractivity contribution in [3.05, 3.63) is 30.5 Å². The standard InChI is InChI=1S/C21H26N6O3S/c1-13(2)10-23-18-14-11-24-27(19(14)26-21(25-18)31-3)9-8-22-20(28)17-12-29-15-6-4-5-7-16(15)30-17/h4-7,11,13,17H,8-10,12H2,1-3H3,(H,22,28)(H,23,25,26). The van der Waals surface area contributed by atoms with Crippen molar-refractivity contribution in [2.45, 2.75) is 31.7 Å². The SMILES string of the molecule is CSc1nc(NCC(C)C)c2cnn(CCNC(=O)C3COc4ccccc4O3)c2n1. The fourth-order valence-electron chi connectivity index (χ4n) is 3.17. The first-order valence-electron chi connectivity index (χ1n) is 10.2. The number of fused-ring (bicyclic) bond motifs is 2. The average Bonchev–Trinajstić information content (AvgIpc) is 3.19. The molecule has 3 aromatic rings. The van der Waals surface area contributed by atoms with Crippen molar-refractivity contribution in [3.63, 3.8) is 0 Å². The lowest BCUT2D eigenvalue weighted by atomic mass is 10.2.